The van der Waals surface area contributed by atoms with Gasteiger partial charge in [0.1, 0.15) is 0 Å². The van der Waals surface area contributed by atoms with Crippen LogP contribution in [0.25, 0.3) is 5.69 Å². The molecule has 108 valence electrons. The molecule has 1 heterocycles. The van der Waals surface area contributed by atoms with Crippen LogP contribution in [0.15, 0.2) is 18.2 Å². The first-order chi connectivity index (χ1) is 9.41. The number of halogens is 4. The van der Waals surface area contributed by atoms with Gasteiger partial charge in [0.15, 0.2) is 5.82 Å². The lowest BCUT2D eigenvalue weighted by Gasteiger charge is -2.10. The lowest BCUT2D eigenvalue weighted by Crippen LogP contribution is -2.16. The van der Waals surface area contributed by atoms with E-state index in [2.05, 4.69) is 20.8 Å². The lowest BCUT2D eigenvalue weighted by molar-refractivity contribution is -0.137. The molecule has 0 amide bonds. The number of alkyl halides is 3. The normalized spacial score (nSPS) is 11.8. The molecule has 0 bridgehead atoms. The van der Waals surface area contributed by atoms with Gasteiger partial charge in [0, 0.05) is 5.02 Å². The summed E-state index contributed by atoms with van der Waals surface area (Å²) in [4.78, 5) is 0. The minimum absolute atomic E-state index is 0.0280. The topological polar surface area (TPSA) is 55.6 Å². The van der Waals surface area contributed by atoms with Crippen LogP contribution in [0.2, 0.25) is 5.02 Å². The summed E-state index contributed by atoms with van der Waals surface area (Å²) in [5.41, 5.74) is -0.673. The van der Waals surface area contributed by atoms with E-state index in [0.717, 1.165) is 12.1 Å². The molecule has 2 rings (SSSR count). The Bertz CT molecular complexity index is 596. The van der Waals surface area contributed by atoms with Crippen LogP contribution in [0, 0.1) is 0 Å². The lowest BCUT2D eigenvalue weighted by atomic mass is 10.2. The van der Waals surface area contributed by atoms with Crippen LogP contribution < -0.4 is 5.32 Å². The molecular formula is C11H11ClF3N5. The summed E-state index contributed by atoms with van der Waals surface area (Å²) in [5, 5.41) is 13.9. The van der Waals surface area contributed by atoms with Crippen molar-refractivity contribution in [1.82, 2.24) is 25.5 Å². The zero-order valence-electron chi connectivity index (χ0n) is 10.4. The molecule has 20 heavy (non-hydrogen) atoms. The number of nitrogens with zero attached hydrogens (tertiary/aromatic N) is 4. The minimum Gasteiger partial charge on any atom is -0.310 e. The van der Waals surface area contributed by atoms with Crippen LogP contribution in [-0.2, 0) is 12.7 Å². The summed E-state index contributed by atoms with van der Waals surface area (Å²) in [6.07, 6.45) is -4.48. The van der Waals surface area contributed by atoms with Gasteiger partial charge in [-0.3, -0.25) is 0 Å². The summed E-state index contributed by atoms with van der Waals surface area (Å²) in [6.45, 7) is 2.93. The highest BCUT2D eigenvalue weighted by molar-refractivity contribution is 6.30. The van der Waals surface area contributed by atoms with E-state index >= 15 is 0 Å². The maximum absolute atomic E-state index is 12.8. The zero-order valence-corrected chi connectivity index (χ0v) is 11.2. The van der Waals surface area contributed by atoms with Crippen molar-refractivity contribution in [3.63, 3.8) is 0 Å². The van der Waals surface area contributed by atoms with Gasteiger partial charge in [-0.25, -0.2) is 0 Å². The van der Waals surface area contributed by atoms with Crippen LogP contribution in [0.1, 0.15) is 18.3 Å². The third-order valence-corrected chi connectivity index (χ3v) is 2.74. The second-order valence-electron chi connectivity index (χ2n) is 3.98. The van der Waals surface area contributed by atoms with E-state index < -0.39 is 11.7 Å². The van der Waals surface area contributed by atoms with Crippen molar-refractivity contribution < 1.29 is 13.2 Å². The number of rotatable bonds is 4. The smallest absolute Gasteiger partial charge is 0.310 e. The van der Waals surface area contributed by atoms with Gasteiger partial charge in [0.05, 0.1) is 17.8 Å². The maximum atomic E-state index is 12.8. The Hall–Kier alpha value is -1.67. The van der Waals surface area contributed by atoms with Crippen LogP contribution in [0.4, 0.5) is 13.2 Å². The molecule has 0 spiro atoms. The van der Waals surface area contributed by atoms with Crippen molar-refractivity contribution in [3.8, 4) is 5.69 Å². The van der Waals surface area contributed by atoms with Crippen molar-refractivity contribution in [2.24, 2.45) is 0 Å². The average molecular weight is 306 g/mol. The molecule has 0 saturated carbocycles. The summed E-state index contributed by atoms with van der Waals surface area (Å²) in [6, 6.07) is 3.19. The molecule has 0 atom stereocenters. The summed E-state index contributed by atoms with van der Waals surface area (Å²) < 4.78 is 39.5. The van der Waals surface area contributed by atoms with E-state index in [1.165, 1.54) is 10.7 Å². The number of aromatic nitrogens is 4. The van der Waals surface area contributed by atoms with E-state index in [4.69, 9.17) is 11.6 Å². The molecule has 0 radical (unpaired) electrons. The molecule has 1 aromatic carbocycles. The van der Waals surface area contributed by atoms with Crippen molar-refractivity contribution in [2.45, 2.75) is 19.6 Å². The van der Waals surface area contributed by atoms with E-state index in [9.17, 15) is 13.2 Å². The first-order valence-corrected chi connectivity index (χ1v) is 6.15. The quantitative estimate of drug-likeness (QED) is 0.942. The predicted molar refractivity (Wildman–Crippen MR) is 66.5 cm³/mol. The Kier molecular flexibility index (Phi) is 4.24. The summed E-state index contributed by atoms with van der Waals surface area (Å²) >= 11 is 5.73. The monoisotopic (exact) mass is 305 g/mol. The molecule has 0 aliphatic heterocycles. The standard InChI is InChI=1S/C11H11ClF3N5/c1-2-16-6-10-17-18-19-20(10)9-4-7(11(13,14)15)3-8(12)5-9/h3-5,16H,2,6H2,1H3. The first kappa shape index (κ1) is 14.7. The van der Waals surface area contributed by atoms with Crippen molar-refractivity contribution in [1.29, 1.82) is 0 Å². The number of hydrogen-bond donors (Lipinski definition) is 1. The predicted octanol–water partition coefficient (Wildman–Crippen LogP) is 2.44. The molecule has 5 nitrogen and oxygen atoms in total. The third kappa shape index (κ3) is 3.26. The Labute approximate surface area is 117 Å². The van der Waals surface area contributed by atoms with Gasteiger partial charge < -0.3 is 5.32 Å². The Balaban J connectivity index is 2.43. The van der Waals surface area contributed by atoms with E-state index in [0.29, 0.717) is 18.9 Å². The van der Waals surface area contributed by atoms with Gasteiger partial charge in [0.25, 0.3) is 0 Å². The minimum atomic E-state index is -4.48. The van der Waals surface area contributed by atoms with Crippen molar-refractivity contribution in [2.75, 3.05) is 6.54 Å². The summed E-state index contributed by atoms with van der Waals surface area (Å²) in [7, 11) is 0. The number of tetrazole rings is 1. The fraction of sp³-hybridized carbons (Fsp3) is 0.364. The largest absolute Gasteiger partial charge is 0.416 e. The second kappa shape index (κ2) is 5.76. The molecule has 0 saturated heterocycles. The molecule has 0 aliphatic rings. The van der Waals surface area contributed by atoms with Gasteiger partial charge >= 0.3 is 6.18 Å². The second-order valence-corrected chi connectivity index (χ2v) is 4.42. The fourth-order valence-electron chi connectivity index (χ4n) is 1.61. The molecule has 1 N–H and O–H groups in total. The molecule has 1 aromatic heterocycles. The van der Waals surface area contributed by atoms with Crippen molar-refractivity contribution in [3.05, 3.63) is 34.6 Å². The Morgan fingerprint density at radius 3 is 2.70 bits per heavy atom. The van der Waals surface area contributed by atoms with Crippen molar-refractivity contribution >= 4 is 11.6 Å². The third-order valence-electron chi connectivity index (χ3n) is 2.52. The van der Waals surface area contributed by atoms with Gasteiger partial charge in [-0.15, -0.1) is 5.10 Å². The SMILES string of the molecule is CCNCc1nnnn1-c1cc(Cl)cc(C(F)(F)F)c1. The highest BCUT2D eigenvalue weighted by Crippen LogP contribution is 2.32. The fourth-order valence-corrected chi connectivity index (χ4v) is 1.84. The van der Waals surface area contributed by atoms with Crippen LogP contribution >= 0.6 is 11.6 Å². The zero-order chi connectivity index (χ0) is 14.8. The van der Waals surface area contributed by atoms with Gasteiger partial charge in [0.2, 0.25) is 0 Å². The molecule has 0 aliphatic carbocycles. The molecule has 0 unspecified atom stereocenters. The van der Waals surface area contributed by atoms with E-state index in [1.54, 1.807) is 0 Å². The van der Waals surface area contributed by atoms with Crippen LogP contribution in [-0.4, -0.2) is 26.8 Å². The highest BCUT2D eigenvalue weighted by Gasteiger charge is 2.31. The number of nitrogens with one attached hydrogen (secondary N) is 1. The molecule has 9 heteroatoms. The number of hydrogen-bond acceptors (Lipinski definition) is 4. The van der Waals surface area contributed by atoms with Crippen LogP contribution in [0.3, 0.4) is 0 Å². The van der Waals surface area contributed by atoms with Gasteiger partial charge in [-0.05, 0) is 35.2 Å². The van der Waals surface area contributed by atoms with E-state index in [1.807, 2.05) is 6.92 Å². The molecule has 0 fully saturated rings. The molecule has 2 aromatic rings. The van der Waals surface area contributed by atoms with Gasteiger partial charge in [-0.1, -0.05) is 18.5 Å². The average Bonchev–Trinajstić information content (AvgIpc) is 2.82. The Morgan fingerprint density at radius 2 is 2.05 bits per heavy atom. The molecular weight excluding hydrogens is 295 g/mol. The first-order valence-electron chi connectivity index (χ1n) is 5.78. The number of benzene rings is 1. The highest BCUT2D eigenvalue weighted by atomic mass is 35.5. The Morgan fingerprint density at radius 1 is 1.30 bits per heavy atom. The maximum Gasteiger partial charge on any atom is 0.416 e. The van der Waals surface area contributed by atoms with E-state index in [-0.39, 0.29) is 10.7 Å². The van der Waals surface area contributed by atoms with Crippen LogP contribution in [0.5, 0.6) is 0 Å². The summed E-state index contributed by atoms with van der Waals surface area (Å²) in [5.74, 6) is 0.405. The van der Waals surface area contributed by atoms with Gasteiger partial charge in [-0.2, -0.15) is 17.9 Å².